The zero-order chi connectivity index (χ0) is 24.7. The van der Waals surface area contributed by atoms with Gasteiger partial charge in [-0.25, -0.2) is 4.79 Å². The minimum atomic E-state index is -0.503. The summed E-state index contributed by atoms with van der Waals surface area (Å²) >= 11 is 0. The van der Waals surface area contributed by atoms with Gasteiger partial charge >= 0.3 is 5.97 Å². The van der Waals surface area contributed by atoms with Gasteiger partial charge in [0.2, 0.25) is 19.1 Å². The lowest BCUT2D eigenvalue weighted by Crippen LogP contribution is -3.00. The van der Waals surface area contributed by atoms with Crippen LogP contribution in [0.15, 0.2) is 54.7 Å². The topological polar surface area (TPSA) is 76.3 Å². The summed E-state index contributed by atoms with van der Waals surface area (Å²) in [6.45, 7) is 1.16. The second kappa shape index (κ2) is 8.29. The van der Waals surface area contributed by atoms with Crippen LogP contribution in [0.2, 0.25) is 0 Å². The molecule has 1 aromatic heterocycles. The Morgan fingerprint density at radius 1 is 0.842 bits per heavy atom. The van der Waals surface area contributed by atoms with Crippen molar-refractivity contribution in [1.82, 2.24) is 0 Å². The molecule has 9 heteroatoms. The Kier molecular flexibility index (Phi) is 4.96. The summed E-state index contributed by atoms with van der Waals surface area (Å²) in [5.74, 6) is 3.08. The van der Waals surface area contributed by atoms with Crippen molar-refractivity contribution in [2.75, 3.05) is 20.7 Å². The van der Waals surface area contributed by atoms with Crippen LogP contribution in [0.5, 0.6) is 34.5 Å². The van der Waals surface area contributed by atoms with E-state index in [2.05, 4.69) is 29.0 Å². The molecule has 0 amide bonds. The Bertz CT molecular complexity index is 1830. The standard InChI is InChI=1S/C29H20NO7.ClH/c1-32-22-7-5-17-18-3-4-19-25-15(10-24-27(19)36-14-35-24)8-9-30(26(18)25)12-20(17)28(22)37-29(31)16-2-6-21-23(11-16)34-13-33-21;/h2-7,10-12H,8-9,13-14H2,1H3;1H/q+1;/p-1. The van der Waals surface area contributed by atoms with E-state index in [0.29, 0.717) is 28.6 Å². The van der Waals surface area contributed by atoms with E-state index in [9.17, 15) is 4.79 Å². The fourth-order valence-electron chi connectivity index (χ4n) is 5.68. The van der Waals surface area contributed by atoms with Crippen molar-refractivity contribution in [1.29, 1.82) is 0 Å². The molecule has 190 valence electrons. The van der Waals surface area contributed by atoms with Gasteiger partial charge < -0.3 is 40.8 Å². The zero-order valence-corrected chi connectivity index (χ0v) is 21.0. The fraction of sp³-hybridized carbons (Fsp3) is 0.172. The number of esters is 1. The Labute approximate surface area is 222 Å². The molecule has 38 heavy (non-hydrogen) atoms. The van der Waals surface area contributed by atoms with Gasteiger partial charge in [0.15, 0.2) is 47.2 Å². The van der Waals surface area contributed by atoms with Gasteiger partial charge in [-0.05, 0) is 54.1 Å². The van der Waals surface area contributed by atoms with Crippen LogP contribution >= 0.6 is 0 Å². The average Bonchev–Trinajstić information content (AvgIpc) is 3.60. The van der Waals surface area contributed by atoms with E-state index in [-0.39, 0.29) is 26.0 Å². The molecule has 3 aliphatic rings. The van der Waals surface area contributed by atoms with Crippen LogP contribution in [-0.2, 0) is 13.0 Å². The third kappa shape index (κ3) is 3.10. The van der Waals surface area contributed by atoms with E-state index in [1.54, 1.807) is 25.3 Å². The molecule has 0 unspecified atom stereocenters. The second-order valence-corrected chi connectivity index (χ2v) is 9.24. The van der Waals surface area contributed by atoms with Gasteiger partial charge in [-0.15, -0.1) is 0 Å². The molecule has 0 aliphatic carbocycles. The maximum absolute atomic E-state index is 13.2. The molecule has 8 nitrogen and oxygen atoms in total. The number of ether oxygens (including phenoxy) is 6. The lowest BCUT2D eigenvalue weighted by molar-refractivity contribution is -0.670. The third-order valence-electron chi connectivity index (χ3n) is 7.36. The summed E-state index contributed by atoms with van der Waals surface area (Å²) < 4.78 is 36.1. The molecular formula is C29H20ClNO7. The molecule has 4 aromatic carbocycles. The molecule has 0 spiro atoms. The van der Waals surface area contributed by atoms with Crippen LogP contribution in [-0.4, -0.2) is 26.7 Å². The Hall–Kier alpha value is -4.43. The van der Waals surface area contributed by atoms with Crippen LogP contribution < -0.4 is 45.4 Å². The number of aryl methyl sites for hydroxylation is 2. The van der Waals surface area contributed by atoms with Gasteiger partial charge in [0.1, 0.15) is 0 Å². The molecule has 0 atom stereocenters. The summed E-state index contributed by atoms with van der Waals surface area (Å²) in [4.78, 5) is 13.2. The van der Waals surface area contributed by atoms with E-state index in [0.717, 1.165) is 51.5 Å². The van der Waals surface area contributed by atoms with E-state index in [1.165, 1.54) is 10.9 Å². The van der Waals surface area contributed by atoms with Crippen LogP contribution in [0.3, 0.4) is 0 Å². The van der Waals surface area contributed by atoms with Gasteiger partial charge in [0.05, 0.1) is 28.8 Å². The smallest absolute Gasteiger partial charge is 0.343 e. The van der Waals surface area contributed by atoms with Gasteiger partial charge in [-0.2, -0.15) is 4.57 Å². The first kappa shape index (κ1) is 22.7. The molecule has 4 heterocycles. The third-order valence-corrected chi connectivity index (χ3v) is 7.36. The number of hydrogen-bond acceptors (Lipinski definition) is 7. The van der Waals surface area contributed by atoms with Crippen molar-refractivity contribution in [2.24, 2.45) is 0 Å². The SMILES string of the molecule is COc1ccc2c(c[n+]3c4c2ccc2c5c(cc(c24)CC3)OCO5)c1OC(=O)c1ccc2c(c1)OCO2.[Cl-]. The highest BCUT2D eigenvalue weighted by Crippen LogP contribution is 2.46. The minimum absolute atomic E-state index is 0. The summed E-state index contributed by atoms with van der Waals surface area (Å²) in [5, 5.41) is 5.04. The highest BCUT2D eigenvalue weighted by atomic mass is 35.5. The predicted octanol–water partition coefficient (Wildman–Crippen LogP) is 1.68. The zero-order valence-electron chi connectivity index (χ0n) is 20.2. The van der Waals surface area contributed by atoms with E-state index in [4.69, 9.17) is 28.4 Å². The lowest BCUT2D eigenvalue weighted by atomic mass is 9.93. The molecule has 0 bridgehead atoms. The molecule has 8 rings (SSSR count). The van der Waals surface area contributed by atoms with E-state index in [1.807, 2.05) is 12.1 Å². The van der Waals surface area contributed by atoms with Crippen LogP contribution in [0.4, 0.5) is 0 Å². The predicted molar refractivity (Wildman–Crippen MR) is 133 cm³/mol. The number of carbonyl (C=O) groups is 1. The van der Waals surface area contributed by atoms with Crippen molar-refractivity contribution >= 4 is 38.4 Å². The maximum atomic E-state index is 13.2. The quantitative estimate of drug-likeness (QED) is 0.152. The Morgan fingerprint density at radius 2 is 1.63 bits per heavy atom. The molecule has 5 aromatic rings. The number of aromatic nitrogens is 1. The summed E-state index contributed by atoms with van der Waals surface area (Å²) in [5.41, 5.74) is 2.74. The molecule has 0 fully saturated rings. The van der Waals surface area contributed by atoms with Crippen LogP contribution in [0.1, 0.15) is 15.9 Å². The van der Waals surface area contributed by atoms with Crippen molar-refractivity contribution < 1.29 is 50.2 Å². The second-order valence-electron chi connectivity index (χ2n) is 9.24. The van der Waals surface area contributed by atoms with Crippen molar-refractivity contribution in [3.63, 3.8) is 0 Å². The summed E-state index contributed by atoms with van der Waals surface area (Å²) in [6.07, 6.45) is 2.90. The number of halogens is 1. The number of nitrogens with zero attached hydrogens (tertiary/aromatic N) is 1. The first-order valence-corrected chi connectivity index (χ1v) is 12.0. The molecular weight excluding hydrogens is 510 g/mol. The first-order valence-electron chi connectivity index (χ1n) is 12.0. The average molecular weight is 530 g/mol. The molecule has 0 N–H and O–H groups in total. The number of rotatable bonds is 3. The summed E-state index contributed by atoms with van der Waals surface area (Å²) in [7, 11) is 1.57. The molecule has 3 aliphatic heterocycles. The Balaban J connectivity index is 0.00000242. The van der Waals surface area contributed by atoms with Gasteiger partial charge in [0.25, 0.3) is 0 Å². The normalized spacial score (nSPS) is 14.2. The van der Waals surface area contributed by atoms with E-state index >= 15 is 0 Å². The van der Waals surface area contributed by atoms with Crippen molar-refractivity contribution in [3.05, 3.63) is 65.9 Å². The number of benzene rings is 4. The minimum Gasteiger partial charge on any atom is -1.00 e. The number of carbonyl (C=O) groups excluding carboxylic acids is 1. The van der Waals surface area contributed by atoms with Crippen molar-refractivity contribution in [3.8, 4) is 34.5 Å². The van der Waals surface area contributed by atoms with Gasteiger partial charge in [-0.1, -0.05) is 0 Å². The highest BCUT2D eigenvalue weighted by molar-refractivity contribution is 6.17. The van der Waals surface area contributed by atoms with Crippen LogP contribution in [0.25, 0.3) is 32.4 Å². The first-order chi connectivity index (χ1) is 18.2. The van der Waals surface area contributed by atoms with Crippen LogP contribution in [0, 0.1) is 0 Å². The monoisotopic (exact) mass is 529 g/mol. The number of fused-ring (bicyclic) bond motifs is 5. The largest absolute Gasteiger partial charge is 1.00 e. The lowest BCUT2D eigenvalue weighted by Gasteiger charge is -2.18. The van der Waals surface area contributed by atoms with Gasteiger partial charge in [-0.3, -0.25) is 0 Å². The maximum Gasteiger partial charge on any atom is 0.343 e. The highest BCUT2D eigenvalue weighted by Gasteiger charge is 2.30. The van der Waals surface area contributed by atoms with E-state index < -0.39 is 5.97 Å². The van der Waals surface area contributed by atoms with Crippen molar-refractivity contribution in [2.45, 2.75) is 13.0 Å². The number of pyridine rings is 1. The molecule has 0 saturated heterocycles. The Morgan fingerprint density at radius 3 is 2.53 bits per heavy atom. The fourth-order valence-corrected chi connectivity index (χ4v) is 5.68. The molecule has 0 radical (unpaired) electrons. The van der Waals surface area contributed by atoms with Gasteiger partial charge in [0, 0.05) is 17.2 Å². The summed E-state index contributed by atoms with van der Waals surface area (Å²) in [6, 6.07) is 15.2. The number of hydrogen-bond donors (Lipinski definition) is 0. The number of methoxy groups -OCH3 is 1. The molecule has 0 saturated carbocycles.